The first-order chi connectivity index (χ1) is 13.6. The molecule has 2 amide bonds. The van der Waals surface area contributed by atoms with E-state index in [1.54, 1.807) is 24.3 Å². The molecule has 0 aliphatic rings. The molecule has 5 nitrogen and oxygen atoms in total. The minimum Gasteiger partial charge on any atom is -0.465 e. The van der Waals surface area contributed by atoms with Gasteiger partial charge in [0.2, 0.25) is 0 Å². The van der Waals surface area contributed by atoms with Crippen LogP contribution in [0.2, 0.25) is 0 Å². The van der Waals surface area contributed by atoms with Crippen LogP contribution in [0.4, 0.5) is 0 Å². The molecule has 2 aromatic carbocycles. The lowest BCUT2D eigenvalue weighted by Crippen LogP contribution is -2.35. The monoisotopic (exact) mass is 374 g/mol. The summed E-state index contributed by atoms with van der Waals surface area (Å²) in [6.07, 6.45) is 3.73. The Kier molecular flexibility index (Phi) is 6.41. The van der Waals surface area contributed by atoms with Crippen molar-refractivity contribution in [2.45, 2.75) is 13.3 Å². The van der Waals surface area contributed by atoms with Crippen LogP contribution in [-0.4, -0.2) is 18.4 Å². The number of hydrogen-bond acceptors (Lipinski definition) is 3. The van der Waals surface area contributed by atoms with Gasteiger partial charge in [0.1, 0.15) is 11.5 Å². The maximum atomic E-state index is 12.6. The van der Waals surface area contributed by atoms with E-state index >= 15 is 0 Å². The van der Waals surface area contributed by atoms with E-state index in [1.165, 1.54) is 12.3 Å². The Morgan fingerprint density at radius 2 is 1.71 bits per heavy atom. The Balaban J connectivity index is 1.68. The van der Waals surface area contributed by atoms with Crippen molar-refractivity contribution in [3.8, 4) is 0 Å². The van der Waals surface area contributed by atoms with E-state index in [9.17, 15) is 9.59 Å². The second kappa shape index (κ2) is 9.37. The second-order valence-corrected chi connectivity index (χ2v) is 6.39. The number of amides is 2. The van der Waals surface area contributed by atoms with Gasteiger partial charge in [0.15, 0.2) is 0 Å². The summed E-state index contributed by atoms with van der Waals surface area (Å²) in [4.78, 5) is 25.2. The standard InChI is InChI=1S/C23H22N2O3/c1-17-9-11-19(12-10-17)22(26)25-21(16-20-8-5-15-28-20)23(27)24-14-13-18-6-3-2-4-7-18/h2-12,15-16H,13-14H2,1H3,(H,24,27)(H,25,26)/b21-16-. The lowest BCUT2D eigenvalue weighted by Gasteiger charge is -2.11. The zero-order valence-corrected chi connectivity index (χ0v) is 15.6. The minimum absolute atomic E-state index is 0.133. The zero-order chi connectivity index (χ0) is 19.8. The SMILES string of the molecule is Cc1ccc(C(=O)N/C(=C\c2ccco2)C(=O)NCCc2ccccc2)cc1. The highest BCUT2D eigenvalue weighted by atomic mass is 16.3. The van der Waals surface area contributed by atoms with Crippen molar-refractivity contribution in [1.82, 2.24) is 10.6 Å². The van der Waals surface area contributed by atoms with E-state index in [0.717, 1.165) is 11.1 Å². The largest absolute Gasteiger partial charge is 0.465 e. The number of hydrogen-bond donors (Lipinski definition) is 2. The molecule has 0 spiro atoms. The van der Waals surface area contributed by atoms with Gasteiger partial charge in [-0.2, -0.15) is 0 Å². The first-order valence-corrected chi connectivity index (χ1v) is 9.07. The van der Waals surface area contributed by atoms with Crippen molar-refractivity contribution in [3.63, 3.8) is 0 Å². The molecule has 0 saturated carbocycles. The van der Waals surface area contributed by atoms with Crippen LogP contribution in [-0.2, 0) is 11.2 Å². The predicted octanol–water partition coefficient (Wildman–Crippen LogP) is 3.72. The van der Waals surface area contributed by atoms with Gasteiger partial charge < -0.3 is 15.1 Å². The van der Waals surface area contributed by atoms with Gasteiger partial charge in [-0.3, -0.25) is 9.59 Å². The number of rotatable bonds is 7. The third-order valence-electron chi connectivity index (χ3n) is 4.18. The highest BCUT2D eigenvalue weighted by Gasteiger charge is 2.15. The molecule has 28 heavy (non-hydrogen) atoms. The summed E-state index contributed by atoms with van der Waals surface area (Å²) >= 11 is 0. The summed E-state index contributed by atoms with van der Waals surface area (Å²) in [7, 11) is 0. The molecule has 1 aromatic heterocycles. The summed E-state index contributed by atoms with van der Waals surface area (Å²) < 4.78 is 5.28. The molecule has 0 atom stereocenters. The fraction of sp³-hybridized carbons (Fsp3) is 0.130. The molecule has 0 aliphatic carbocycles. The van der Waals surface area contributed by atoms with Gasteiger partial charge in [0.05, 0.1) is 6.26 Å². The summed E-state index contributed by atoms with van der Waals surface area (Å²) in [5.41, 5.74) is 2.80. The Morgan fingerprint density at radius 3 is 2.39 bits per heavy atom. The van der Waals surface area contributed by atoms with Crippen molar-refractivity contribution in [2.24, 2.45) is 0 Å². The Labute approximate surface area is 164 Å². The summed E-state index contributed by atoms with van der Waals surface area (Å²) in [5, 5.41) is 5.54. The second-order valence-electron chi connectivity index (χ2n) is 6.39. The van der Waals surface area contributed by atoms with Gasteiger partial charge in [0, 0.05) is 18.2 Å². The number of carbonyl (C=O) groups is 2. The zero-order valence-electron chi connectivity index (χ0n) is 15.6. The van der Waals surface area contributed by atoms with Gasteiger partial charge in [0.25, 0.3) is 11.8 Å². The molecule has 142 valence electrons. The van der Waals surface area contributed by atoms with Gasteiger partial charge >= 0.3 is 0 Å². The number of furan rings is 1. The Bertz CT molecular complexity index is 943. The molecule has 0 unspecified atom stereocenters. The third kappa shape index (κ3) is 5.45. The first-order valence-electron chi connectivity index (χ1n) is 9.07. The molecule has 0 bridgehead atoms. The van der Waals surface area contributed by atoms with Crippen LogP contribution in [0.15, 0.2) is 83.1 Å². The minimum atomic E-state index is -0.368. The average Bonchev–Trinajstić information content (AvgIpc) is 3.22. The molecule has 0 saturated heterocycles. The molecular weight excluding hydrogens is 352 g/mol. The molecule has 0 radical (unpaired) electrons. The lowest BCUT2D eigenvalue weighted by molar-refractivity contribution is -0.117. The lowest BCUT2D eigenvalue weighted by atomic mass is 10.1. The average molecular weight is 374 g/mol. The Morgan fingerprint density at radius 1 is 0.964 bits per heavy atom. The van der Waals surface area contributed by atoms with Crippen molar-refractivity contribution in [3.05, 3.63) is 101 Å². The quantitative estimate of drug-likeness (QED) is 0.619. The maximum absolute atomic E-state index is 12.6. The van der Waals surface area contributed by atoms with Crippen LogP contribution in [0.1, 0.15) is 27.2 Å². The van der Waals surface area contributed by atoms with Crippen LogP contribution in [0.25, 0.3) is 6.08 Å². The Hall–Kier alpha value is -3.60. The van der Waals surface area contributed by atoms with E-state index in [0.29, 0.717) is 24.3 Å². The molecule has 5 heteroatoms. The van der Waals surface area contributed by atoms with E-state index in [1.807, 2.05) is 49.4 Å². The molecule has 1 heterocycles. The van der Waals surface area contributed by atoms with E-state index in [-0.39, 0.29) is 17.5 Å². The highest BCUT2D eigenvalue weighted by Crippen LogP contribution is 2.09. The van der Waals surface area contributed by atoms with E-state index in [4.69, 9.17) is 4.42 Å². The normalized spacial score (nSPS) is 11.1. The van der Waals surface area contributed by atoms with Gasteiger partial charge in [-0.1, -0.05) is 48.0 Å². The summed E-state index contributed by atoms with van der Waals surface area (Å²) in [5.74, 6) is -0.235. The van der Waals surface area contributed by atoms with Crippen LogP contribution < -0.4 is 10.6 Å². The fourth-order valence-corrected chi connectivity index (χ4v) is 2.63. The smallest absolute Gasteiger partial charge is 0.267 e. The molecule has 0 fully saturated rings. The van der Waals surface area contributed by atoms with Crippen LogP contribution in [0.5, 0.6) is 0 Å². The molecular formula is C23H22N2O3. The number of aryl methyl sites for hydroxylation is 1. The maximum Gasteiger partial charge on any atom is 0.267 e. The molecule has 0 aliphatic heterocycles. The van der Waals surface area contributed by atoms with E-state index in [2.05, 4.69) is 10.6 Å². The van der Waals surface area contributed by atoms with Gasteiger partial charge in [-0.25, -0.2) is 0 Å². The number of nitrogens with one attached hydrogen (secondary N) is 2. The third-order valence-corrected chi connectivity index (χ3v) is 4.18. The number of carbonyl (C=O) groups excluding carboxylic acids is 2. The van der Waals surface area contributed by atoms with E-state index < -0.39 is 0 Å². The molecule has 3 rings (SSSR count). The first kappa shape index (κ1) is 19.2. The summed E-state index contributed by atoms with van der Waals surface area (Å²) in [6, 6.07) is 20.5. The fourth-order valence-electron chi connectivity index (χ4n) is 2.63. The van der Waals surface area contributed by atoms with Crippen molar-refractivity contribution >= 4 is 17.9 Å². The van der Waals surface area contributed by atoms with Crippen LogP contribution in [0, 0.1) is 6.92 Å². The highest BCUT2D eigenvalue weighted by molar-refractivity contribution is 6.05. The molecule has 2 N–H and O–H groups in total. The molecule has 3 aromatic rings. The van der Waals surface area contributed by atoms with Crippen molar-refractivity contribution < 1.29 is 14.0 Å². The van der Waals surface area contributed by atoms with Crippen molar-refractivity contribution in [1.29, 1.82) is 0 Å². The van der Waals surface area contributed by atoms with Gasteiger partial charge in [-0.05, 0) is 43.2 Å². The topological polar surface area (TPSA) is 71.3 Å². The van der Waals surface area contributed by atoms with Crippen LogP contribution >= 0.6 is 0 Å². The van der Waals surface area contributed by atoms with Crippen LogP contribution in [0.3, 0.4) is 0 Å². The van der Waals surface area contributed by atoms with Crippen molar-refractivity contribution in [2.75, 3.05) is 6.54 Å². The number of benzene rings is 2. The van der Waals surface area contributed by atoms with Gasteiger partial charge in [-0.15, -0.1) is 0 Å². The predicted molar refractivity (Wildman–Crippen MR) is 108 cm³/mol. The summed E-state index contributed by atoms with van der Waals surface area (Å²) in [6.45, 7) is 2.41.